The number of aliphatic imine (C=N–C) groups is 1. The predicted molar refractivity (Wildman–Crippen MR) is 110 cm³/mol. The number of rotatable bonds is 8. The number of nitrogens with one attached hydrogen (secondary N) is 2. The molecule has 1 amide bonds. The van der Waals surface area contributed by atoms with Crippen LogP contribution >= 0.6 is 0 Å². The summed E-state index contributed by atoms with van der Waals surface area (Å²) in [6, 6.07) is 7.57. The lowest BCUT2D eigenvalue weighted by Crippen LogP contribution is -2.39. The zero-order valence-corrected chi connectivity index (χ0v) is 17.6. The summed E-state index contributed by atoms with van der Waals surface area (Å²) in [5.74, 6) is 1.55. The Labute approximate surface area is 167 Å². The number of hydrogen-bond donors (Lipinski definition) is 2. The lowest BCUT2D eigenvalue weighted by molar-refractivity contribution is -0.121. The van der Waals surface area contributed by atoms with Crippen LogP contribution in [-0.4, -0.2) is 70.0 Å². The third-order valence-electron chi connectivity index (χ3n) is 4.47. The molecule has 2 rings (SSSR count). The Balaban J connectivity index is 1.85. The van der Waals surface area contributed by atoms with Crippen LogP contribution in [0.15, 0.2) is 29.3 Å². The summed E-state index contributed by atoms with van der Waals surface area (Å²) < 4.78 is 28.1. The number of guanidine groups is 1. The summed E-state index contributed by atoms with van der Waals surface area (Å²) in [5.41, 5.74) is 1.12. The Morgan fingerprint density at radius 1 is 1.32 bits per heavy atom. The Morgan fingerprint density at radius 2 is 2.04 bits per heavy atom. The Bertz CT molecular complexity index is 778. The summed E-state index contributed by atoms with van der Waals surface area (Å²) in [4.78, 5) is 18.6. The van der Waals surface area contributed by atoms with Crippen molar-refractivity contribution in [1.29, 1.82) is 0 Å². The average molecular weight is 411 g/mol. The van der Waals surface area contributed by atoms with Gasteiger partial charge in [0.1, 0.15) is 5.75 Å². The molecule has 1 saturated heterocycles. The van der Waals surface area contributed by atoms with Crippen molar-refractivity contribution in [2.24, 2.45) is 4.99 Å². The van der Waals surface area contributed by atoms with Crippen LogP contribution < -0.4 is 15.4 Å². The fraction of sp³-hybridized carbons (Fsp3) is 0.579. The van der Waals surface area contributed by atoms with Crippen LogP contribution in [0.4, 0.5) is 0 Å². The van der Waals surface area contributed by atoms with Gasteiger partial charge >= 0.3 is 0 Å². The van der Waals surface area contributed by atoms with Gasteiger partial charge in [-0.1, -0.05) is 12.1 Å². The van der Waals surface area contributed by atoms with Gasteiger partial charge in [-0.15, -0.1) is 0 Å². The highest BCUT2D eigenvalue weighted by atomic mass is 32.2. The molecule has 0 radical (unpaired) electrons. The van der Waals surface area contributed by atoms with E-state index in [9.17, 15) is 13.2 Å². The molecule has 0 aromatic heterocycles. The molecule has 1 aromatic carbocycles. The van der Waals surface area contributed by atoms with Crippen molar-refractivity contribution in [2.75, 3.05) is 38.8 Å². The third kappa shape index (κ3) is 7.03. The second-order valence-corrected chi connectivity index (χ2v) is 9.09. The number of carbonyl (C=O) groups is 1. The normalized spacial score (nSPS) is 18.5. The van der Waals surface area contributed by atoms with Crippen molar-refractivity contribution in [2.45, 2.75) is 32.4 Å². The van der Waals surface area contributed by atoms with Crippen molar-refractivity contribution < 1.29 is 17.9 Å². The van der Waals surface area contributed by atoms with E-state index >= 15 is 0 Å². The summed E-state index contributed by atoms with van der Waals surface area (Å²) in [7, 11) is 0.583. The number of amides is 1. The monoisotopic (exact) mass is 410 g/mol. The average Bonchev–Trinajstić information content (AvgIpc) is 2.99. The van der Waals surface area contributed by atoms with Crippen LogP contribution in [0, 0.1) is 0 Å². The summed E-state index contributed by atoms with van der Waals surface area (Å²) in [6.45, 7) is 3.71. The molecule has 1 atom stereocenters. The second-order valence-electron chi connectivity index (χ2n) is 6.86. The van der Waals surface area contributed by atoms with E-state index in [4.69, 9.17) is 4.74 Å². The molecule has 0 bridgehead atoms. The number of carbonyl (C=O) groups excluding carboxylic acids is 1. The highest BCUT2D eigenvalue weighted by molar-refractivity contribution is 7.91. The number of benzene rings is 1. The lowest BCUT2D eigenvalue weighted by atomic mass is 10.2. The maximum atomic E-state index is 12.0. The minimum atomic E-state index is -2.99. The molecule has 0 spiro atoms. The van der Waals surface area contributed by atoms with E-state index in [1.165, 1.54) is 0 Å². The molecule has 0 saturated carbocycles. The molecule has 1 fully saturated rings. The van der Waals surface area contributed by atoms with Crippen LogP contribution in [-0.2, 0) is 21.2 Å². The molecule has 1 unspecified atom stereocenters. The van der Waals surface area contributed by atoms with Crippen molar-refractivity contribution >= 4 is 21.7 Å². The van der Waals surface area contributed by atoms with Gasteiger partial charge in [-0.25, -0.2) is 8.42 Å². The van der Waals surface area contributed by atoms with Gasteiger partial charge in [0, 0.05) is 32.6 Å². The van der Waals surface area contributed by atoms with Crippen LogP contribution in [0.2, 0.25) is 0 Å². The minimum absolute atomic E-state index is 0.0370. The molecule has 156 valence electrons. The van der Waals surface area contributed by atoms with E-state index in [2.05, 4.69) is 15.6 Å². The van der Waals surface area contributed by atoms with Gasteiger partial charge in [0.25, 0.3) is 0 Å². The first-order valence-electron chi connectivity index (χ1n) is 9.45. The Kier molecular flexibility index (Phi) is 8.10. The molecule has 9 heteroatoms. The molecule has 1 heterocycles. The minimum Gasteiger partial charge on any atom is -0.497 e. The molecule has 1 aromatic rings. The zero-order valence-electron chi connectivity index (χ0n) is 16.8. The van der Waals surface area contributed by atoms with Gasteiger partial charge in [-0.3, -0.25) is 9.79 Å². The Hall–Kier alpha value is -2.29. The number of ether oxygens (including phenoxy) is 1. The van der Waals surface area contributed by atoms with Gasteiger partial charge in [0.15, 0.2) is 15.8 Å². The van der Waals surface area contributed by atoms with Crippen LogP contribution in [0.3, 0.4) is 0 Å². The third-order valence-corrected chi connectivity index (χ3v) is 6.24. The quantitative estimate of drug-likeness (QED) is 0.485. The van der Waals surface area contributed by atoms with Crippen molar-refractivity contribution in [3.05, 3.63) is 29.8 Å². The van der Waals surface area contributed by atoms with E-state index in [1.54, 1.807) is 7.11 Å². The zero-order chi connectivity index (χ0) is 20.6. The standard InChI is InChI=1S/C19H30N4O4S/c1-4-20-19(23(2)13-15-5-7-17(27-3)8-6-15)21-11-9-18(24)22-16-10-12-28(25,26)14-16/h5-8,16H,4,9-14H2,1-3H3,(H,20,21)(H,22,24). The number of sulfone groups is 1. The van der Waals surface area contributed by atoms with E-state index in [-0.39, 0.29) is 29.9 Å². The molecule has 0 aliphatic carbocycles. The predicted octanol–water partition coefficient (Wildman–Crippen LogP) is 0.786. The SMILES string of the molecule is CCNC(=NCCC(=O)NC1CCS(=O)(=O)C1)N(C)Cc1ccc(OC)cc1. The van der Waals surface area contributed by atoms with E-state index in [0.717, 1.165) is 23.8 Å². The van der Waals surface area contributed by atoms with E-state index < -0.39 is 9.84 Å². The van der Waals surface area contributed by atoms with Gasteiger partial charge in [0.2, 0.25) is 5.91 Å². The molecular formula is C19H30N4O4S. The fourth-order valence-corrected chi connectivity index (χ4v) is 4.69. The Morgan fingerprint density at radius 3 is 2.61 bits per heavy atom. The molecule has 8 nitrogen and oxygen atoms in total. The van der Waals surface area contributed by atoms with Crippen LogP contribution in [0.5, 0.6) is 5.75 Å². The molecule has 28 heavy (non-hydrogen) atoms. The van der Waals surface area contributed by atoms with Crippen LogP contribution in [0.25, 0.3) is 0 Å². The summed E-state index contributed by atoms with van der Waals surface area (Å²) in [5, 5.41) is 6.01. The highest BCUT2D eigenvalue weighted by Gasteiger charge is 2.28. The highest BCUT2D eigenvalue weighted by Crippen LogP contribution is 2.13. The maximum Gasteiger partial charge on any atom is 0.222 e. The number of nitrogens with zero attached hydrogens (tertiary/aromatic N) is 2. The number of hydrogen-bond acceptors (Lipinski definition) is 5. The second kappa shape index (κ2) is 10.3. The fourth-order valence-electron chi connectivity index (χ4n) is 3.02. The van der Waals surface area contributed by atoms with Gasteiger partial charge < -0.3 is 20.3 Å². The van der Waals surface area contributed by atoms with Gasteiger partial charge in [-0.2, -0.15) is 0 Å². The topological polar surface area (TPSA) is 100 Å². The van der Waals surface area contributed by atoms with E-state index in [1.807, 2.05) is 43.1 Å². The molecule has 1 aliphatic rings. The molecule has 1 aliphatic heterocycles. The first kappa shape index (κ1) is 22.0. The van der Waals surface area contributed by atoms with Gasteiger partial charge in [0.05, 0.1) is 25.2 Å². The summed E-state index contributed by atoms with van der Waals surface area (Å²) >= 11 is 0. The number of methoxy groups -OCH3 is 1. The largest absolute Gasteiger partial charge is 0.497 e. The van der Waals surface area contributed by atoms with Crippen molar-refractivity contribution in [3.63, 3.8) is 0 Å². The lowest BCUT2D eigenvalue weighted by Gasteiger charge is -2.22. The van der Waals surface area contributed by atoms with Crippen molar-refractivity contribution in [1.82, 2.24) is 15.5 Å². The summed E-state index contributed by atoms with van der Waals surface area (Å²) in [6.07, 6.45) is 0.715. The molecule has 2 N–H and O–H groups in total. The van der Waals surface area contributed by atoms with Gasteiger partial charge in [-0.05, 0) is 31.0 Å². The van der Waals surface area contributed by atoms with Crippen LogP contribution in [0.1, 0.15) is 25.3 Å². The smallest absolute Gasteiger partial charge is 0.222 e. The first-order chi connectivity index (χ1) is 13.3. The first-order valence-corrected chi connectivity index (χ1v) is 11.3. The maximum absolute atomic E-state index is 12.0. The van der Waals surface area contributed by atoms with Crippen molar-refractivity contribution in [3.8, 4) is 5.75 Å². The molecular weight excluding hydrogens is 380 g/mol. The van der Waals surface area contributed by atoms with E-state index in [0.29, 0.717) is 19.5 Å².